The maximum atomic E-state index is 12.1. The Morgan fingerprint density at radius 2 is 2.05 bits per heavy atom. The van der Waals surface area contributed by atoms with Crippen molar-refractivity contribution in [3.05, 3.63) is 53.3 Å². The Kier molecular flexibility index (Phi) is 5.36. The highest BCUT2D eigenvalue weighted by Gasteiger charge is 2.14. The Bertz CT molecular complexity index is 642. The van der Waals surface area contributed by atoms with Crippen LogP contribution in [0.15, 0.2) is 36.7 Å². The number of nitrogens with one attached hydrogen (secondary N) is 1. The summed E-state index contributed by atoms with van der Waals surface area (Å²) in [6, 6.07) is 7.47. The van der Waals surface area contributed by atoms with E-state index in [0.717, 1.165) is 22.4 Å². The second-order valence-corrected chi connectivity index (χ2v) is 4.90. The topological polar surface area (TPSA) is 60.5 Å². The maximum Gasteiger partial charge on any atom is 0.224 e. The molecular weight excluding hydrogens is 280 g/mol. The van der Waals surface area contributed by atoms with Crippen LogP contribution in [-0.4, -0.2) is 25.1 Å². The van der Waals surface area contributed by atoms with E-state index in [9.17, 15) is 4.79 Å². The van der Waals surface area contributed by atoms with Crippen molar-refractivity contribution in [2.75, 3.05) is 14.2 Å². The number of rotatable bonds is 6. The van der Waals surface area contributed by atoms with Gasteiger partial charge in [0, 0.05) is 30.1 Å². The van der Waals surface area contributed by atoms with Crippen molar-refractivity contribution in [3.63, 3.8) is 0 Å². The van der Waals surface area contributed by atoms with Gasteiger partial charge in [-0.25, -0.2) is 0 Å². The van der Waals surface area contributed by atoms with E-state index in [1.807, 2.05) is 31.2 Å². The second-order valence-electron chi connectivity index (χ2n) is 4.90. The highest BCUT2D eigenvalue weighted by molar-refractivity contribution is 5.79. The molecule has 5 nitrogen and oxygen atoms in total. The van der Waals surface area contributed by atoms with Crippen LogP contribution in [0.5, 0.6) is 11.5 Å². The molecule has 2 rings (SSSR count). The zero-order valence-corrected chi connectivity index (χ0v) is 13.1. The summed E-state index contributed by atoms with van der Waals surface area (Å²) in [7, 11) is 3.21. The Balaban J connectivity index is 2.04. The minimum absolute atomic E-state index is 0.0632. The number of amides is 1. The lowest BCUT2D eigenvalue weighted by Gasteiger charge is -2.14. The Labute approximate surface area is 130 Å². The zero-order valence-electron chi connectivity index (χ0n) is 13.1. The van der Waals surface area contributed by atoms with Crippen molar-refractivity contribution in [1.82, 2.24) is 10.3 Å². The molecule has 0 atom stereocenters. The van der Waals surface area contributed by atoms with Crippen molar-refractivity contribution < 1.29 is 14.3 Å². The summed E-state index contributed by atoms with van der Waals surface area (Å²) in [5, 5.41) is 2.88. The molecule has 22 heavy (non-hydrogen) atoms. The molecule has 0 aliphatic heterocycles. The van der Waals surface area contributed by atoms with E-state index in [0.29, 0.717) is 12.3 Å². The lowest BCUT2D eigenvalue weighted by Crippen LogP contribution is -2.24. The second kappa shape index (κ2) is 7.45. The number of benzene rings is 1. The maximum absolute atomic E-state index is 12.1. The lowest BCUT2D eigenvalue weighted by molar-refractivity contribution is -0.120. The van der Waals surface area contributed by atoms with Crippen LogP contribution in [0, 0.1) is 6.92 Å². The van der Waals surface area contributed by atoms with Gasteiger partial charge in [0.1, 0.15) is 11.5 Å². The molecule has 0 spiro atoms. The number of aromatic nitrogens is 1. The Hall–Kier alpha value is -2.56. The van der Waals surface area contributed by atoms with Gasteiger partial charge >= 0.3 is 0 Å². The molecule has 1 heterocycles. The van der Waals surface area contributed by atoms with Crippen molar-refractivity contribution >= 4 is 5.91 Å². The predicted molar refractivity (Wildman–Crippen MR) is 84.1 cm³/mol. The average molecular weight is 300 g/mol. The molecule has 5 heteroatoms. The van der Waals surface area contributed by atoms with E-state index in [2.05, 4.69) is 10.3 Å². The van der Waals surface area contributed by atoms with Gasteiger partial charge in [-0.3, -0.25) is 9.78 Å². The summed E-state index contributed by atoms with van der Waals surface area (Å²) < 4.78 is 10.7. The van der Waals surface area contributed by atoms with Crippen molar-refractivity contribution in [1.29, 1.82) is 0 Å². The monoisotopic (exact) mass is 300 g/mol. The molecule has 0 aliphatic carbocycles. The standard InChI is InChI=1S/C17H20N2O3/c1-12-15(21-2)7-6-14(17(12)22-3)9-16(20)19-11-13-5-4-8-18-10-13/h4-8,10H,9,11H2,1-3H3,(H,19,20). The minimum Gasteiger partial charge on any atom is -0.496 e. The van der Waals surface area contributed by atoms with Crippen LogP contribution in [0.25, 0.3) is 0 Å². The van der Waals surface area contributed by atoms with Crippen LogP contribution in [0.1, 0.15) is 16.7 Å². The van der Waals surface area contributed by atoms with E-state index in [4.69, 9.17) is 9.47 Å². The molecule has 0 saturated heterocycles. The fourth-order valence-corrected chi connectivity index (χ4v) is 2.31. The lowest BCUT2D eigenvalue weighted by atomic mass is 10.1. The number of methoxy groups -OCH3 is 2. The van der Waals surface area contributed by atoms with Gasteiger partial charge in [0.25, 0.3) is 0 Å². The van der Waals surface area contributed by atoms with Gasteiger partial charge in [0.2, 0.25) is 5.91 Å². The number of carbonyl (C=O) groups excluding carboxylic acids is 1. The third-order valence-electron chi connectivity index (χ3n) is 3.43. The van der Waals surface area contributed by atoms with Gasteiger partial charge in [-0.15, -0.1) is 0 Å². The SMILES string of the molecule is COc1ccc(CC(=O)NCc2cccnc2)c(OC)c1C. The summed E-state index contributed by atoms with van der Waals surface area (Å²) in [4.78, 5) is 16.1. The Morgan fingerprint density at radius 3 is 2.68 bits per heavy atom. The number of pyridine rings is 1. The summed E-state index contributed by atoms with van der Waals surface area (Å²) >= 11 is 0. The van der Waals surface area contributed by atoms with E-state index in [1.54, 1.807) is 26.6 Å². The molecular formula is C17H20N2O3. The summed E-state index contributed by atoms with van der Waals surface area (Å²) in [6.45, 7) is 2.37. The molecule has 116 valence electrons. The van der Waals surface area contributed by atoms with Crippen LogP contribution in [0.4, 0.5) is 0 Å². The van der Waals surface area contributed by atoms with Crippen molar-refractivity contribution in [2.24, 2.45) is 0 Å². The normalized spacial score (nSPS) is 10.1. The molecule has 1 aromatic heterocycles. The van der Waals surface area contributed by atoms with E-state index in [1.165, 1.54) is 0 Å². The van der Waals surface area contributed by atoms with Crippen LogP contribution in [0.3, 0.4) is 0 Å². The quantitative estimate of drug-likeness (QED) is 0.889. The van der Waals surface area contributed by atoms with Crippen LogP contribution in [-0.2, 0) is 17.8 Å². The molecule has 0 saturated carbocycles. The number of carbonyl (C=O) groups is 1. The third-order valence-corrected chi connectivity index (χ3v) is 3.43. The first-order valence-corrected chi connectivity index (χ1v) is 7.01. The first kappa shape index (κ1) is 15.8. The first-order chi connectivity index (χ1) is 10.7. The van der Waals surface area contributed by atoms with Gasteiger partial charge in [-0.2, -0.15) is 0 Å². The molecule has 0 unspecified atom stereocenters. The fourth-order valence-electron chi connectivity index (χ4n) is 2.31. The predicted octanol–water partition coefficient (Wildman–Crippen LogP) is 2.27. The van der Waals surface area contributed by atoms with E-state index >= 15 is 0 Å². The van der Waals surface area contributed by atoms with E-state index < -0.39 is 0 Å². The molecule has 0 fully saturated rings. The summed E-state index contributed by atoms with van der Waals surface area (Å²) in [5.74, 6) is 1.37. The fraction of sp³-hybridized carbons (Fsp3) is 0.294. The molecule has 1 N–H and O–H groups in total. The first-order valence-electron chi connectivity index (χ1n) is 7.01. The molecule has 1 aromatic carbocycles. The number of hydrogen-bond donors (Lipinski definition) is 1. The van der Waals surface area contributed by atoms with Crippen LogP contribution in [0.2, 0.25) is 0 Å². The molecule has 0 radical (unpaired) electrons. The van der Waals surface area contributed by atoms with Gasteiger partial charge in [-0.1, -0.05) is 12.1 Å². The van der Waals surface area contributed by atoms with Crippen molar-refractivity contribution in [2.45, 2.75) is 19.9 Å². The average Bonchev–Trinajstić information content (AvgIpc) is 2.54. The molecule has 0 bridgehead atoms. The molecule has 0 aliphatic rings. The highest BCUT2D eigenvalue weighted by Crippen LogP contribution is 2.31. The largest absolute Gasteiger partial charge is 0.496 e. The van der Waals surface area contributed by atoms with Crippen molar-refractivity contribution in [3.8, 4) is 11.5 Å². The molecule has 1 amide bonds. The molecule has 2 aromatic rings. The van der Waals surface area contributed by atoms with E-state index in [-0.39, 0.29) is 12.3 Å². The highest BCUT2D eigenvalue weighted by atomic mass is 16.5. The number of hydrogen-bond acceptors (Lipinski definition) is 4. The number of nitrogens with zero attached hydrogens (tertiary/aromatic N) is 1. The zero-order chi connectivity index (χ0) is 15.9. The van der Waals surface area contributed by atoms with Crippen LogP contribution < -0.4 is 14.8 Å². The summed E-state index contributed by atoms with van der Waals surface area (Å²) in [5.41, 5.74) is 2.70. The third kappa shape index (κ3) is 3.75. The van der Waals surface area contributed by atoms with Crippen LogP contribution >= 0.6 is 0 Å². The van der Waals surface area contributed by atoms with Gasteiger partial charge in [-0.05, 0) is 24.6 Å². The summed E-state index contributed by atoms with van der Waals surface area (Å²) in [6.07, 6.45) is 3.70. The minimum atomic E-state index is -0.0632. The van der Waals surface area contributed by atoms with Gasteiger partial charge in [0.05, 0.1) is 20.6 Å². The Morgan fingerprint density at radius 1 is 1.23 bits per heavy atom. The van der Waals surface area contributed by atoms with Gasteiger partial charge in [0.15, 0.2) is 0 Å². The smallest absolute Gasteiger partial charge is 0.224 e. The number of ether oxygens (including phenoxy) is 2. The van der Waals surface area contributed by atoms with Gasteiger partial charge < -0.3 is 14.8 Å².